The molecule has 1 rings (SSSR count). The Kier molecular flexibility index (Phi) is 7.63. The van der Waals surface area contributed by atoms with E-state index in [1.165, 1.54) is 0 Å². The maximum absolute atomic E-state index is 12.6. The number of ether oxygens (including phenoxy) is 1. The number of nitrogens with one attached hydrogen (secondary N) is 1. The second kappa shape index (κ2) is 8.71. The number of rotatable bonds is 9. The lowest BCUT2D eigenvalue weighted by Crippen LogP contribution is -2.43. The van der Waals surface area contributed by atoms with Gasteiger partial charge in [-0.25, -0.2) is 0 Å². The van der Waals surface area contributed by atoms with E-state index in [0.717, 1.165) is 13.0 Å². The van der Waals surface area contributed by atoms with Crippen molar-refractivity contribution in [1.82, 2.24) is 15.1 Å². The third-order valence-electron chi connectivity index (χ3n) is 4.24. The minimum Gasteiger partial charge on any atom is -0.378 e. The van der Waals surface area contributed by atoms with Crippen molar-refractivity contribution in [3.63, 3.8) is 0 Å². The first-order chi connectivity index (χ1) is 9.88. The summed E-state index contributed by atoms with van der Waals surface area (Å²) in [6, 6.07) is -0.0378. The van der Waals surface area contributed by atoms with Crippen molar-refractivity contribution in [2.45, 2.75) is 46.3 Å². The highest BCUT2D eigenvalue weighted by atomic mass is 16.5. The Labute approximate surface area is 130 Å². The molecule has 0 spiro atoms. The second-order valence-corrected chi connectivity index (χ2v) is 6.67. The molecule has 1 N–H and O–H groups in total. The van der Waals surface area contributed by atoms with E-state index in [1.54, 1.807) is 0 Å². The van der Waals surface area contributed by atoms with Gasteiger partial charge in [0.25, 0.3) is 0 Å². The number of hydrogen-bond donors (Lipinski definition) is 1. The summed E-state index contributed by atoms with van der Waals surface area (Å²) in [5.41, 5.74) is 0. The van der Waals surface area contributed by atoms with Gasteiger partial charge < -0.3 is 14.5 Å². The van der Waals surface area contributed by atoms with Gasteiger partial charge in [-0.1, -0.05) is 34.1 Å². The summed E-state index contributed by atoms with van der Waals surface area (Å²) in [4.78, 5) is 16.7. The van der Waals surface area contributed by atoms with Gasteiger partial charge in [0.05, 0.1) is 25.4 Å². The van der Waals surface area contributed by atoms with Crippen LogP contribution in [0.4, 0.5) is 0 Å². The molecule has 3 atom stereocenters. The Hall–Kier alpha value is -0.650. The van der Waals surface area contributed by atoms with Gasteiger partial charge in [0, 0.05) is 13.1 Å². The van der Waals surface area contributed by atoms with Gasteiger partial charge in [0.2, 0.25) is 5.91 Å². The molecule has 1 heterocycles. The van der Waals surface area contributed by atoms with Crippen molar-refractivity contribution in [3.05, 3.63) is 0 Å². The lowest BCUT2D eigenvalue weighted by molar-refractivity contribution is -0.132. The summed E-state index contributed by atoms with van der Waals surface area (Å²) in [6.45, 7) is 11.5. The highest BCUT2D eigenvalue weighted by Crippen LogP contribution is 2.22. The first-order valence-corrected chi connectivity index (χ1v) is 8.17. The summed E-state index contributed by atoms with van der Waals surface area (Å²) in [6.07, 6.45) is 1.15. The third-order valence-corrected chi connectivity index (χ3v) is 4.24. The molecule has 3 unspecified atom stereocenters. The Balaban J connectivity index is 2.50. The molecular formula is C16H33N3O2. The molecule has 0 aliphatic carbocycles. The fraction of sp³-hybridized carbons (Fsp3) is 0.938. The molecule has 124 valence electrons. The van der Waals surface area contributed by atoms with Crippen LogP contribution in [0.2, 0.25) is 0 Å². The summed E-state index contributed by atoms with van der Waals surface area (Å²) in [7, 11) is 4.06. The average molecular weight is 299 g/mol. The van der Waals surface area contributed by atoms with Crippen molar-refractivity contribution in [2.75, 3.05) is 40.4 Å². The minimum absolute atomic E-state index is 0.0378. The van der Waals surface area contributed by atoms with Crippen LogP contribution in [0.25, 0.3) is 0 Å². The smallest absolute Gasteiger partial charge is 0.241 e. The van der Waals surface area contributed by atoms with E-state index in [0.29, 0.717) is 31.6 Å². The molecule has 0 aromatic rings. The van der Waals surface area contributed by atoms with Gasteiger partial charge in [-0.05, 0) is 25.9 Å². The first-order valence-electron chi connectivity index (χ1n) is 8.17. The minimum atomic E-state index is -0.0378. The molecule has 0 aromatic carbocycles. The van der Waals surface area contributed by atoms with Crippen LogP contribution < -0.4 is 5.32 Å². The highest BCUT2D eigenvalue weighted by molar-refractivity contribution is 5.84. The standard InChI is InChI=1S/C16H33N3O2/c1-7-13(4)14-16(20)19(15(17-14)12(2)3)9-11-21-10-8-18(5)6/h12-15,17H,7-11H2,1-6H3. The van der Waals surface area contributed by atoms with Crippen LogP contribution in [-0.4, -0.2) is 68.3 Å². The largest absolute Gasteiger partial charge is 0.378 e. The SMILES string of the molecule is CCC(C)C1NC(C(C)C)N(CCOCCN(C)C)C1=O. The summed E-state index contributed by atoms with van der Waals surface area (Å²) in [5.74, 6) is 1.02. The molecule has 0 radical (unpaired) electrons. The quantitative estimate of drug-likeness (QED) is 0.654. The van der Waals surface area contributed by atoms with Gasteiger partial charge in [0.1, 0.15) is 0 Å². The fourth-order valence-corrected chi connectivity index (χ4v) is 2.62. The van der Waals surface area contributed by atoms with Crippen molar-refractivity contribution < 1.29 is 9.53 Å². The topological polar surface area (TPSA) is 44.8 Å². The van der Waals surface area contributed by atoms with Crippen LogP contribution in [-0.2, 0) is 9.53 Å². The van der Waals surface area contributed by atoms with Crippen molar-refractivity contribution in [2.24, 2.45) is 11.8 Å². The molecule has 0 saturated carbocycles. The molecule has 1 aliphatic heterocycles. The molecular weight excluding hydrogens is 266 g/mol. The molecule has 1 fully saturated rings. The van der Waals surface area contributed by atoms with Gasteiger partial charge in [-0.3, -0.25) is 10.1 Å². The van der Waals surface area contributed by atoms with Crippen molar-refractivity contribution in [3.8, 4) is 0 Å². The van der Waals surface area contributed by atoms with Gasteiger partial charge >= 0.3 is 0 Å². The summed E-state index contributed by atoms with van der Waals surface area (Å²) in [5, 5.41) is 3.51. The van der Waals surface area contributed by atoms with Gasteiger partial charge in [-0.2, -0.15) is 0 Å². The molecule has 5 nitrogen and oxygen atoms in total. The van der Waals surface area contributed by atoms with Crippen LogP contribution in [0.5, 0.6) is 0 Å². The van der Waals surface area contributed by atoms with Crippen LogP contribution in [0.3, 0.4) is 0 Å². The molecule has 21 heavy (non-hydrogen) atoms. The number of likely N-dealkylation sites (N-methyl/N-ethyl adjacent to an activating group) is 1. The number of nitrogens with zero attached hydrogens (tertiary/aromatic N) is 2. The van der Waals surface area contributed by atoms with Gasteiger partial charge in [0.15, 0.2) is 0 Å². The Bertz CT molecular complexity index is 321. The zero-order valence-electron chi connectivity index (χ0n) is 14.6. The number of amides is 1. The zero-order chi connectivity index (χ0) is 16.0. The predicted octanol–water partition coefficient (Wildman–Crippen LogP) is 1.39. The maximum Gasteiger partial charge on any atom is 0.241 e. The average Bonchev–Trinajstić information content (AvgIpc) is 2.75. The molecule has 0 aromatic heterocycles. The van der Waals surface area contributed by atoms with Crippen LogP contribution >= 0.6 is 0 Å². The Morgan fingerprint density at radius 3 is 2.48 bits per heavy atom. The van der Waals surface area contributed by atoms with E-state index >= 15 is 0 Å². The molecule has 1 saturated heterocycles. The molecule has 1 amide bonds. The monoisotopic (exact) mass is 299 g/mol. The van der Waals surface area contributed by atoms with E-state index < -0.39 is 0 Å². The lowest BCUT2D eigenvalue weighted by atomic mass is 9.99. The van der Waals surface area contributed by atoms with E-state index in [4.69, 9.17) is 4.74 Å². The van der Waals surface area contributed by atoms with Crippen molar-refractivity contribution >= 4 is 5.91 Å². The van der Waals surface area contributed by atoms with Crippen LogP contribution in [0.1, 0.15) is 34.1 Å². The number of carbonyl (C=O) groups excluding carboxylic acids is 1. The van der Waals surface area contributed by atoms with Crippen LogP contribution in [0.15, 0.2) is 0 Å². The number of carbonyl (C=O) groups is 1. The fourth-order valence-electron chi connectivity index (χ4n) is 2.62. The third kappa shape index (κ3) is 5.24. The molecule has 1 aliphatic rings. The first kappa shape index (κ1) is 18.4. The Morgan fingerprint density at radius 2 is 1.95 bits per heavy atom. The van der Waals surface area contributed by atoms with Crippen LogP contribution in [0, 0.1) is 11.8 Å². The summed E-state index contributed by atoms with van der Waals surface area (Å²) >= 11 is 0. The maximum atomic E-state index is 12.6. The van der Waals surface area contributed by atoms with E-state index in [2.05, 4.69) is 37.9 Å². The van der Waals surface area contributed by atoms with Crippen molar-refractivity contribution in [1.29, 1.82) is 0 Å². The zero-order valence-corrected chi connectivity index (χ0v) is 14.6. The molecule has 5 heteroatoms. The molecule has 0 bridgehead atoms. The number of hydrogen-bond acceptors (Lipinski definition) is 4. The van der Waals surface area contributed by atoms with Gasteiger partial charge in [-0.15, -0.1) is 0 Å². The lowest BCUT2D eigenvalue weighted by Gasteiger charge is -2.27. The van der Waals surface area contributed by atoms with E-state index in [-0.39, 0.29) is 18.1 Å². The van der Waals surface area contributed by atoms with E-state index in [1.807, 2.05) is 19.0 Å². The second-order valence-electron chi connectivity index (χ2n) is 6.67. The highest BCUT2D eigenvalue weighted by Gasteiger charge is 2.41. The Morgan fingerprint density at radius 1 is 1.29 bits per heavy atom. The predicted molar refractivity (Wildman–Crippen MR) is 86.1 cm³/mol. The normalized spacial score (nSPS) is 24.4. The van der Waals surface area contributed by atoms with E-state index in [9.17, 15) is 4.79 Å². The summed E-state index contributed by atoms with van der Waals surface area (Å²) < 4.78 is 5.64.